The molecular weight excluding hydrogens is 468 g/mol. The number of likely N-dealkylation sites (tertiary alicyclic amines) is 2. The molecule has 2 unspecified atom stereocenters. The molecule has 2 N–H and O–H groups in total. The lowest BCUT2D eigenvalue weighted by molar-refractivity contribution is -0.130. The van der Waals surface area contributed by atoms with E-state index in [1.54, 1.807) is 17.9 Å². The number of nitrogens with one attached hydrogen (secondary N) is 1. The summed E-state index contributed by atoms with van der Waals surface area (Å²) in [6.45, 7) is 6.76. The summed E-state index contributed by atoms with van der Waals surface area (Å²) in [5.74, 6) is 1.22. The number of benzene rings is 1. The maximum atomic E-state index is 13.2. The summed E-state index contributed by atoms with van der Waals surface area (Å²) >= 11 is 0. The number of anilines is 1. The standard InChI is InChI=1S/C28H38N6O3/c1-20(35)32-12-7-21(8-13-32)6-11-29-27-16-24(30-19-31-27)28(37)34-15-10-25(26(36)18-34)33-14-9-22-4-2-3-5-23(22)17-33/h2-5,16,19,21,25-26,36H,6-15,17-18H2,1H3,(H,29,30,31). The van der Waals surface area contributed by atoms with E-state index in [9.17, 15) is 14.7 Å². The van der Waals surface area contributed by atoms with Gasteiger partial charge in [-0.3, -0.25) is 14.5 Å². The van der Waals surface area contributed by atoms with Crippen molar-refractivity contribution in [2.75, 3.05) is 44.6 Å². The second kappa shape index (κ2) is 11.6. The Kier molecular flexibility index (Phi) is 8.00. The third-order valence-corrected chi connectivity index (χ3v) is 8.27. The second-order valence-electron chi connectivity index (χ2n) is 10.6. The molecule has 2 atom stereocenters. The van der Waals surface area contributed by atoms with Crippen LogP contribution in [0.25, 0.3) is 0 Å². The largest absolute Gasteiger partial charge is 0.390 e. The number of aliphatic hydroxyl groups is 1. The molecule has 5 rings (SSSR count). The number of nitrogens with zero attached hydrogens (tertiary/aromatic N) is 5. The van der Waals surface area contributed by atoms with Crippen LogP contribution in [0, 0.1) is 5.92 Å². The maximum Gasteiger partial charge on any atom is 0.272 e. The van der Waals surface area contributed by atoms with Crippen LogP contribution in [0.4, 0.5) is 5.82 Å². The van der Waals surface area contributed by atoms with E-state index in [0.29, 0.717) is 30.5 Å². The molecule has 2 amide bonds. The predicted octanol–water partition coefficient (Wildman–Crippen LogP) is 2.17. The lowest BCUT2D eigenvalue weighted by atomic mass is 9.93. The van der Waals surface area contributed by atoms with Crippen molar-refractivity contribution in [3.63, 3.8) is 0 Å². The second-order valence-corrected chi connectivity index (χ2v) is 10.6. The summed E-state index contributed by atoms with van der Waals surface area (Å²) in [4.78, 5) is 39.2. The molecule has 198 valence electrons. The summed E-state index contributed by atoms with van der Waals surface area (Å²) in [5, 5.41) is 14.3. The molecule has 0 radical (unpaired) electrons. The van der Waals surface area contributed by atoms with Crippen molar-refractivity contribution < 1.29 is 14.7 Å². The van der Waals surface area contributed by atoms with Crippen LogP contribution in [-0.2, 0) is 17.8 Å². The van der Waals surface area contributed by atoms with Crippen LogP contribution < -0.4 is 5.32 Å². The SMILES string of the molecule is CC(=O)N1CCC(CCNc2cc(C(=O)N3CCC(N4CCc5ccccc5C4)C(O)C3)ncn2)CC1. The lowest BCUT2D eigenvalue weighted by Crippen LogP contribution is -2.56. The molecular formula is C28H38N6O3. The van der Waals surface area contributed by atoms with Crippen LogP contribution in [0.15, 0.2) is 36.7 Å². The minimum atomic E-state index is -0.586. The molecule has 3 aliphatic heterocycles. The molecule has 2 fully saturated rings. The maximum absolute atomic E-state index is 13.2. The van der Waals surface area contributed by atoms with E-state index in [4.69, 9.17) is 0 Å². The number of hydrogen-bond donors (Lipinski definition) is 2. The van der Waals surface area contributed by atoms with Crippen LogP contribution in [-0.4, -0.2) is 93.0 Å². The fraction of sp³-hybridized carbons (Fsp3) is 0.571. The van der Waals surface area contributed by atoms with E-state index >= 15 is 0 Å². The van der Waals surface area contributed by atoms with E-state index in [-0.39, 0.29) is 17.9 Å². The molecule has 3 aliphatic rings. The summed E-state index contributed by atoms with van der Waals surface area (Å²) < 4.78 is 0. The van der Waals surface area contributed by atoms with Crippen molar-refractivity contribution in [3.8, 4) is 0 Å². The first-order valence-corrected chi connectivity index (χ1v) is 13.6. The van der Waals surface area contributed by atoms with Crippen LogP contribution in [0.5, 0.6) is 0 Å². The average Bonchev–Trinajstić information content (AvgIpc) is 2.93. The Morgan fingerprint density at radius 1 is 1.03 bits per heavy atom. The molecule has 9 nitrogen and oxygen atoms in total. The molecule has 2 aromatic rings. The third-order valence-electron chi connectivity index (χ3n) is 8.27. The molecule has 1 aromatic carbocycles. The first kappa shape index (κ1) is 25.6. The number of β-amino-alcohol motifs (C(OH)–C–C–N with tert-alkyl or cyclic N) is 1. The Labute approximate surface area is 218 Å². The van der Waals surface area contributed by atoms with Crippen LogP contribution in [0.2, 0.25) is 0 Å². The van der Waals surface area contributed by atoms with Crippen molar-refractivity contribution in [1.29, 1.82) is 0 Å². The van der Waals surface area contributed by atoms with Gasteiger partial charge >= 0.3 is 0 Å². The molecule has 0 bridgehead atoms. The smallest absolute Gasteiger partial charge is 0.272 e. The van der Waals surface area contributed by atoms with E-state index in [1.165, 1.54) is 17.5 Å². The van der Waals surface area contributed by atoms with Crippen LogP contribution >= 0.6 is 0 Å². The first-order valence-electron chi connectivity index (χ1n) is 13.6. The van der Waals surface area contributed by atoms with Crippen molar-refractivity contribution in [2.24, 2.45) is 5.92 Å². The number of rotatable bonds is 6. The van der Waals surface area contributed by atoms with Gasteiger partial charge in [-0.25, -0.2) is 9.97 Å². The normalized spacial score (nSPS) is 23.0. The Hall–Kier alpha value is -3.04. The van der Waals surface area contributed by atoms with Crippen molar-refractivity contribution in [2.45, 2.75) is 57.7 Å². The van der Waals surface area contributed by atoms with Crippen LogP contribution in [0.1, 0.15) is 54.2 Å². The molecule has 37 heavy (non-hydrogen) atoms. The summed E-state index contributed by atoms with van der Waals surface area (Å²) in [6.07, 6.45) is 5.63. The highest BCUT2D eigenvalue weighted by molar-refractivity contribution is 5.93. The number of aliphatic hydroxyl groups excluding tert-OH is 1. The molecule has 4 heterocycles. The number of hydrogen-bond acceptors (Lipinski definition) is 7. The van der Waals surface area contributed by atoms with Gasteiger partial charge in [0.25, 0.3) is 5.91 Å². The molecule has 2 saturated heterocycles. The highest BCUT2D eigenvalue weighted by Crippen LogP contribution is 2.26. The average molecular weight is 507 g/mol. The number of aromatic nitrogens is 2. The van der Waals surface area contributed by atoms with Crippen LogP contribution in [0.3, 0.4) is 0 Å². The number of fused-ring (bicyclic) bond motifs is 1. The van der Waals surface area contributed by atoms with E-state index in [0.717, 1.165) is 64.8 Å². The van der Waals surface area contributed by atoms with E-state index in [2.05, 4.69) is 44.5 Å². The first-order chi connectivity index (χ1) is 18.0. The summed E-state index contributed by atoms with van der Waals surface area (Å²) in [5.41, 5.74) is 3.08. The van der Waals surface area contributed by atoms with E-state index in [1.807, 2.05) is 4.90 Å². The van der Waals surface area contributed by atoms with Gasteiger partial charge in [0.15, 0.2) is 0 Å². The monoisotopic (exact) mass is 506 g/mol. The van der Waals surface area contributed by atoms with Crippen molar-refractivity contribution >= 4 is 17.6 Å². The number of carbonyl (C=O) groups excluding carboxylic acids is 2. The van der Waals surface area contributed by atoms with Gasteiger partial charge in [-0.15, -0.1) is 0 Å². The molecule has 0 aliphatic carbocycles. The topological polar surface area (TPSA) is 102 Å². The van der Waals surface area contributed by atoms with E-state index < -0.39 is 6.10 Å². The highest BCUT2D eigenvalue weighted by Gasteiger charge is 2.35. The van der Waals surface area contributed by atoms with Gasteiger partial charge in [-0.1, -0.05) is 24.3 Å². The Bertz CT molecular complexity index is 1100. The minimum Gasteiger partial charge on any atom is -0.390 e. The zero-order valence-electron chi connectivity index (χ0n) is 21.7. The molecule has 1 aromatic heterocycles. The summed E-state index contributed by atoms with van der Waals surface area (Å²) in [7, 11) is 0. The Balaban J connectivity index is 1.10. The van der Waals surface area contributed by atoms with Gasteiger partial charge in [0, 0.05) is 64.8 Å². The number of carbonyl (C=O) groups is 2. The molecule has 9 heteroatoms. The van der Waals surface area contributed by atoms with Gasteiger partial charge in [0.1, 0.15) is 17.8 Å². The quantitative estimate of drug-likeness (QED) is 0.619. The number of piperidine rings is 2. The van der Waals surface area contributed by atoms with Gasteiger partial charge in [-0.05, 0) is 49.1 Å². The predicted molar refractivity (Wildman–Crippen MR) is 141 cm³/mol. The third kappa shape index (κ3) is 6.10. The van der Waals surface area contributed by atoms with Gasteiger partial charge < -0.3 is 20.2 Å². The van der Waals surface area contributed by atoms with Gasteiger partial charge in [0.05, 0.1) is 6.10 Å². The summed E-state index contributed by atoms with van der Waals surface area (Å²) in [6, 6.07) is 10.3. The number of amides is 2. The molecule has 0 saturated carbocycles. The Morgan fingerprint density at radius 3 is 2.54 bits per heavy atom. The zero-order chi connectivity index (χ0) is 25.8. The lowest BCUT2D eigenvalue weighted by Gasteiger charge is -2.43. The fourth-order valence-electron chi connectivity index (χ4n) is 6.00. The minimum absolute atomic E-state index is 0.0577. The molecule has 0 spiro atoms. The van der Waals surface area contributed by atoms with Crippen molar-refractivity contribution in [1.82, 2.24) is 24.7 Å². The van der Waals surface area contributed by atoms with Crippen molar-refractivity contribution in [3.05, 3.63) is 53.5 Å². The van der Waals surface area contributed by atoms with Gasteiger partial charge in [-0.2, -0.15) is 0 Å². The highest BCUT2D eigenvalue weighted by atomic mass is 16.3. The zero-order valence-corrected chi connectivity index (χ0v) is 21.7. The Morgan fingerprint density at radius 2 is 1.78 bits per heavy atom. The van der Waals surface area contributed by atoms with Gasteiger partial charge in [0.2, 0.25) is 5.91 Å². The fourth-order valence-corrected chi connectivity index (χ4v) is 6.00.